The van der Waals surface area contributed by atoms with Crippen LogP contribution in [0.1, 0.15) is 22.3 Å². The molecule has 0 heterocycles. The van der Waals surface area contributed by atoms with Gasteiger partial charge in [0.25, 0.3) is 0 Å². The Morgan fingerprint density at radius 1 is 1.53 bits per heavy atom. The van der Waals surface area contributed by atoms with Gasteiger partial charge in [0, 0.05) is 23.7 Å². The number of carbonyl (C=O) groups is 1. The molecule has 1 aromatic carbocycles. The molecule has 106 valence electrons. The van der Waals surface area contributed by atoms with Crippen molar-refractivity contribution in [3.05, 3.63) is 29.3 Å². The number of aryl methyl sites for hydroxylation is 1. The topological polar surface area (TPSA) is 69.7 Å². The van der Waals surface area contributed by atoms with Crippen molar-refractivity contribution in [2.24, 2.45) is 0 Å². The molecule has 1 unspecified atom stereocenters. The highest BCUT2D eigenvalue weighted by molar-refractivity contribution is 7.80. The maximum absolute atomic E-state index is 11.4. The molecule has 7 heteroatoms. The molecule has 19 heavy (non-hydrogen) atoms. The predicted molar refractivity (Wildman–Crippen MR) is 74.1 cm³/mol. The number of carbonyl (C=O) groups excluding carboxylic acids is 1. The molecule has 0 aliphatic rings. The number of anilines is 1. The van der Waals surface area contributed by atoms with Crippen molar-refractivity contribution in [2.75, 3.05) is 23.8 Å². The fourth-order valence-corrected chi connectivity index (χ4v) is 2.42. The normalized spacial score (nSPS) is 12.0. The van der Waals surface area contributed by atoms with Gasteiger partial charge in [0.05, 0.1) is 18.4 Å². The summed E-state index contributed by atoms with van der Waals surface area (Å²) in [5, 5.41) is 0. The van der Waals surface area contributed by atoms with Crippen LogP contribution in [0.3, 0.4) is 0 Å². The van der Waals surface area contributed by atoms with E-state index < -0.39 is 17.2 Å². The minimum absolute atomic E-state index is 0.304. The highest BCUT2D eigenvalue weighted by Crippen LogP contribution is 2.23. The van der Waals surface area contributed by atoms with Gasteiger partial charge in [-0.15, -0.1) is 11.6 Å². The van der Waals surface area contributed by atoms with Crippen molar-refractivity contribution < 1.29 is 18.3 Å². The molecule has 0 N–H and O–H groups in total. The summed E-state index contributed by atoms with van der Waals surface area (Å²) in [6.45, 7) is 2.04. The molecule has 1 aromatic rings. The van der Waals surface area contributed by atoms with Crippen molar-refractivity contribution in [3.8, 4) is 0 Å². The summed E-state index contributed by atoms with van der Waals surface area (Å²) in [6, 6.07) is 4.72. The second-order valence-corrected chi connectivity index (χ2v) is 5.11. The van der Waals surface area contributed by atoms with Crippen LogP contribution in [-0.4, -0.2) is 34.3 Å². The van der Waals surface area contributed by atoms with Crippen LogP contribution in [0.4, 0.5) is 5.69 Å². The lowest BCUT2D eigenvalue weighted by Crippen LogP contribution is -2.27. The van der Waals surface area contributed by atoms with Gasteiger partial charge in [0.1, 0.15) is 0 Å². The Hall–Kier alpha value is -1.11. The second kappa shape index (κ2) is 7.47. The van der Waals surface area contributed by atoms with E-state index in [9.17, 15) is 13.6 Å². The fourth-order valence-electron chi connectivity index (χ4n) is 1.66. The van der Waals surface area contributed by atoms with E-state index in [2.05, 4.69) is 4.74 Å². The first kappa shape index (κ1) is 15.9. The molecular weight excluding hydrogens is 290 g/mol. The average Bonchev–Trinajstić information content (AvgIpc) is 2.39. The zero-order chi connectivity index (χ0) is 14.4. The maximum Gasteiger partial charge on any atom is 0.337 e. The van der Waals surface area contributed by atoms with E-state index in [1.165, 1.54) is 17.5 Å². The number of rotatable bonds is 6. The SMILES string of the molecule is COC(=O)c1ccc(N(CCCCl)S(=O)[O-])c(C)c1. The van der Waals surface area contributed by atoms with Crippen LogP contribution >= 0.6 is 11.6 Å². The standard InChI is InChI=1S/C12H16ClNO4S/c1-9-8-10(12(15)18-2)4-5-11(9)14(19(16)17)7-3-6-13/h4-5,8H,3,6-7H2,1-2H3,(H,16,17)/p-1. The van der Waals surface area contributed by atoms with Crippen LogP contribution < -0.4 is 4.31 Å². The molecule has 0 aromatic heterocycles. The van der Waals surface area contributed by atoms with Gasteiger partial charge in [0.2, 0.25) is 0 Å². The molecule has 0 aliphatic heterocycles. The van der Waals surface area contributed by atoms with Gasteiger partial charge in [-0.1, -0.05) is 0 Å². The Morgan fingerprint density at radius 2 is 2.21 bits per heavy atom. The molecule has 1 atom stereocenters. The minimum atomic E-state index is -2.38. The van der Waals surface area contributed by atoms with E-state index in [0.29, 0.717) is 35.7 Å². The summed E-state index contributed by atoms with van der Waals surface area (Å²) in [6.07, 6.45) is 0.549. The maximum atomic E-state index is 11.4. The number of ether oxygens (including phenoxy) is 1. The van der Waals surface area contributed by atoms with Crippen LogP contribution in [-0.2, 0) is 16.0 Å². The van der Waals surface area contributed by atoms with Gasteiger partial charge in [0.15, 0.2) is 0 Å². The van der Waals surface area contributed by atoms with Crippen molar-refractivity contribution >= 4 is 34.5 Å². The predicted octanol–water partition coefficient (Wildman–Crippen LogP) is 2.01. The number of hydrogen-bond acceptors (Lipinski definition) is 4. The van der Waals surface area contributed by atoms with Gasteiger partial charge < -0.3 is 13.6 Å². The van der Waals surface area contributed by atoms with E-state index in [1.807, 2.05) is 0 Å². The summed E-state index contributed by atoms with van der Waals surface area (Å²) < 4.78 is 28.3. The average molecular weight is 305 g/mol. The molecule has 5 nitrogen and oxygen atoms in total. The van der Waals surface area contributed by atoms with Crippen molar-refractivity contribution in [2.45, 2.75) is 13.3 Å². The molecule has 0 amide bonds. The number of hydrogen-bond donors (Lipinski definition) is 0. The zero-order valence-corrected chi connectivity index (χ0v) is 12.3. The number of halogens is 1. The van der Waals surface area contributed by atoms with E-state index in [4.69, 9.17) is 11.6 Å². The lowest BCUT2D eigenvalue weighted by Gasteiger charge is -2.27. The van der Waals surface area contributed by atoms with Gasteiger partial charge in [-0.05, 0) is 37.1 Å². The second-order valence-electron chi connectivity index (χ2n) is 3.85. The number of methoxy groups -OCH3 is 1. The summed E-state index contributed by atoms with van der Waals surface area (Å²) in [7, 11) is 1.30. The number of benzene rings is 1. The fraction of sp³-hybridized carbons (Fsp3) is 0.417. The van der Waals surface area contributed by atoms with Crippen molar-refractivity contribution in [3.63, 3.8) is 0 Å². The summed E-state index contributed by atoms with van der Waals surface area (Å²) in [5.74, 6) is -0.0716. The van der Waals surface area contributed by atoms with Crippen LogP contribution in [0, 0.1) is 6.92 Å². The van der Waals surface area contributed by atoms with Crippen LogP contribution in [0.15, 0.2) is 18.2 Å². The number of esters is 1. The Bertz CT molecular complexity index is 481. The van der Waals surface area contributed by atoms with E-state index in [-0.39, 0.29) is 0 Å². The summed E-state index contributed by atoms with van der Waals surface area (Å²) >= 11 is 3.20. The largest absolute Gasteiger partial charge is 0.755 e. The smallest absolute Gasteiger partial charge is 0.337 e. The molecule has 0 aliphatic carbocycles. The van der Waals surface area contributed by atoms with Crippen LogP contribution in [0.25, 0.3) is 0 Å². The Morgan fingerprint density at radius 3 is 2.68 bits per heavy atom. The Balaban J connectivity index is 3.04. The first-order chi connectivity index (χ1) is 9.01. The third-order valence-corrected chi connectivity index (χ3v) is 3.57. The van der Waals surface area contributed by atoms with E-state index >= 15 is 0 Å². The lowest BCUT2D eigenvalue weighted by molar-refractivity contribution is 0.0600. The van der Waals surface area contributed by atoms with E-state index in [1.54, 1.807) is 19.1 Å². The van der Waals surface area contributed by atoms with Gasteiger partial charge in [-0.25, -0.2) is 4.79 Å². The lowest BCUT2D eigenvalue weighted by atomic mass is 10.1. The van der Waals surface area contributed by atoms with Crippen molar-refractivity contribution in [1.29, 1.82) is 0 Å². The number of alkyl halides is 1. The quantitative estimate of drug-likeness (QED) is 0.458. The number of nitrogens with zero attached hydrogens (tertiary/aromatic N) is 1. The zero-order valence-electron chi connectivity index (χ0n) is 10.7. The molecule has 0 spiro atoms. The van der Waals surface area contributed by atoms with E-state index in [0.717, 1.165) is 0 Å². The molecule has 1 rings (SSSR count). The van der Waals surface area contributed by atoms with Gasteiger partial charge in [-0.3, -0.25) is 4.21 Å². The first-order valence-corrected chi connectivity index (χ1v) is 7.19. The van der Waals surface area contributed by atoms with Gasteiger partial charge >= 0.3 is 5.97 Å². The molecule has 0 bridgehead atoms. The third kappa shape index (κ3) is 4.19. The van der Waals surface area contributed by atoms with Crippen LogP contribution in [0.5, 0.6) is 0 Å². The summed E-state index contributed by atoms with van der Waals surface area (Å²) in [5.41, 5.74) is 1.60. The summed E-state index contributed by atoms with van der Waals surface area (Å²) in [4.78, 5) is 11.4. The minimum Gasteiger partial charge on any atom is -0.755 e. The molecule has 0 radical (unpaired) electrons. The molecule has 0 saturated carbocycles. The monoisotopic (exact) mass is 304 g/mol. The van der Waals surface area contributed by atoms with Crippen molar-refractivity contribution in [1.82, 2.24) is 0 Å². The third-order valence-electron chi connectivity index (χ3n) is 2.56. The molecular formula is C12H15ClNO4S-. The Labute approximate surface area is 119 Å². The molecule has 0 saturated heterocycles. The highest BCUT2D eigenvalue weighted by Gasteiger charge is 2.13. The van der Waals surface area contributed by atoms with Gasteiger partial charge in [-0.2, -0.15) is 0 Å². The Kier molecular flexibility index (Phi) is 6.27. The van der Waals surface area contributed by atoms with Crippen LogP contribution in [0.2, 0.25) is 0 Å². The first-order valence-electron chi connectivity index (χ1n) is 5.63. The molecule has 0 fully saturated rings. The highest BCUT2D eigenvalue weighted by atomic mass is 35.5.